The Balaban J connectivity index is 1.29. The quantitative estimate of drug-likeness (QED) is 0.103. The highest BCUT2D eigenvalue weighted by atomic mass is 16.3. The molecule has 0 unspecified atom stereocenters. The Hall–Kier alpha value is -4.04. The zero-order valence-corrected chi connectivity index (χ0v) is 39.7. The summed E-state index contributed by atoms with van der Waals surface area (Å²) in [5.41, 5.74) is 12.6. The predicted molar refractivity (Wildman–Crippen MR) is 260 cm³/mol. The van der Waals surface area contributed by atoms with Crippen LogP contribution in [0.25, 0.3) is 0 Å². The molecule has 2 aromatic rings. The Morgan fingerprint density at radius 2 is 1.79 bits per heavy atom. The van der Waals surface area contributed by atoms with Crippen LogP contribution in [0, 0.1) is 23.2 Å². The number of Topliss-reactive ketones (excluding diaryl/α,β-unsaturated/α-hetero) is 1. The van der Waals surface area contributed by atoms with Crippen LogP contribution in [0.4, 0.5) is 0 Å². The number of amides is 1. The number of allylic oxidation sites excluding steroid dienone is 5. The largest absolute Gasteiger partial charge is 0.393 e. The lowest BCUT2D eigenvalue weighted by Gasteiger charge is -2.61. The van der Waals surface area contributed by atoms with Crippen LogP contribution in [0.3, 0.4) is 0 Å². The molecule has 1 amide bonds. The minimum atomic E-state index is -1.23. The Kier molecular flexibility index (Phi) is 16.2. The molecule has 2 heterocycles. The summed E-state index contributed by atoms with van der Waals surface area (Å²) in [7, 11) is 0. The number of nitrogens with one attached hydrogen (secondary N) is 3. The first kappa shape index (κ1) is 49.9. The van der Waals surface area contributed by atoms with E-state index in [0.29, 0.717) is 85.6 Å². The number of fused-ring (bicyclic) bond motifs is 3. The standard InChI is InChI=1S/C55H76N4O7/c1-6-57-47(23-18-33(2)3)34(4)11-7-15-39(32-60)45-30-40-16-10-25-54(66)26-24-43-35(5)48(63)29-38-14-9-17-44-49(38)50(53(65)59-52(44)56)58-31-42(62)20-19-36-12-8-13-37(27-36)28-41(61)21-22-46(43)55(40,54)51(45)64/h7-9,11-15,17-18,27,40-42,45-47,50-52,57-58,60-62,64,66H,4,6,10,16,19-26,28-32,56H2,1-3,5H3,(H,59,65)/b11-7+,39-15-,43-35?/t40-,41+,42+,45+,46+,47-,50+,51+,52+,54+,55+/m0/s1. The van der Waals surface area contributed by atoms with Gasteiger partial charge in [0.1, 0.15) is 12.2 Å². The van der Waals surface area contributed by atoms with Gasteiger partial charge in [-0.1, -0.05) is 97.8 Å². The Labute approximate surface area is 392 Å². The Morgan fingerprint density at radius 1 is 1.02 bits per heavy atom. The fraction of sp³-hybridized carbons (Fsp3) is 0.564. The first-order valence-electron chi connectivity index (χ1n) is 24.6. The van der Waals surface area contributed by atoms with Crippen molar-refractivity contribution in [2.45, 2.75) is 153 Å². The van der Waals surface area contributed by atoms with Gasteiger partial charge in [0.25, 0.3) is 0 Å². The lowest BCUT2D eigenvalue weighted by atomic mass is 9.45. The summed E-state index contributed by atoms with van der Waals surface area (Å²) >= 11 is 0. The van der Waals surface area contributed by atoms with Crippen molar-refractivity contribution in [2.24, 2.45) is 28.9 Å². The Morgan fingerprint density at radius 3 is 2.55 bits per heavy atom. The zero-order chi connectivity index (χ0) is 47.3. The average Bonchev–Trinajstić information content (AvgIpc) is 3.58. The molecule has 11 atom stereocenters. The molecule has 0 radical (unpaired) electrons. The van der Waals surface area contributed by atoms with Crippen molar-refractivity contribution in [3.05, 3.63) is 129 Å². The first-order valence-corrected chi connectivity index (χ1v) is 24.6. The van der Waals surface area contributed by atoms with Gasteiger partial charge in [-0.25, -0.2) is 0 Å². The van der Waals surface area contributed by atoms with Gasteiger partial charge in [0.05, 0.1) is 30.5 Å². The van der Waals surface area contributed by atoms with E-state index >= 15 is 0 Å². The van der Waals surface area contributed by atoms with Crippen molar-refractivity contribution in [3.8, 4) is 0 Å². The van der Waals surface area contributed by atoms with E-state index in [9.17, 15) is 35.1 Å². The van der Waals surface area contributed by atoms with Crippen molar-refractivity contribution >= 4 is 11.7 Å². The van der Waals surface area contributed by atoms with Crippen LogP contribution < -0.4 is 21.7 Å². The third-order valence-corrected chi connectivity index (χ3v) is 16.0. The molecule has 66 heavy (non-hydrogen) atoms. The van der Waals surface area contributed by atoms with E-state index in [4.69, 9.17) is 5.73 Å². The normalized spacial score (nSPS) is 32.7. The second-order valence-corrected chi connectivity index (χ2v) is 20.3. The van der Waals surface area contributed by atoms with Gasteiger partial charge in [-0.05, 0) is 154 Å². The van der Waals surface area contributed by atoms with E-state index < -0.39 is 53.4 Å². The van der Waals surface area contributed by atoms with Crippen molar-refractivity contribution in [1.29, 1.82) is 0 Å². The number of aliphatic hydroxyl groups is 5. The lowest BCUT2D eigenvalue weighted by Crippen LogP contribution is -2.65. The summed E-state index contributed by atoms with van der Waals surface area (Å²) < 4.78 is 0. The van der Waals surface area contributed by atoms with Crippen molar-refractivity contribution in [1.82, 2.24) is 16.0 Å². The van der Waals surface area contributed by atoms with Crippen LogP contribution in [0.15, 0.2) is 101 Å². The van der Waals surface area contributed by atoms with Crippen LogP contribution in [-0.4, -0.2) is 86.9 Å². The molecule has 2 bridgehead atoms. The summed E-state index contributed by atoms with van der Waals surface area (Å²) in [6.45, 7) is 13.2. The van der Waals surface area contributed by atoms with E-state index in [1.807, 2.05) is 61.5 Å². The molecule has 2 aromatic carbocycles. The number of rotatable bonds is 9. The maximum absolute atomic E-state index is 14.9. The molecule has 11 heteroatoms. The van der Waals surface area contributed by atoms with Gasteiger partial charge in [-0.3, -0.25) is 14.9 Å². The summed E-state index contributed by atoms with van der Waals surface area (Å²) in [4.78, 5) is 28.5. The molecule has 10 N–H and O–H groups in total. The van der Waals surface area contributed by atoms with Gasteiger partial charge in [0.2, 0.25) is 5.91 Å². The first-order chi connectivity index (χ1) is 31.6. The summed E-state index contributed by atoms with van der Waals surface area (Å²) in [6.07, 6.45) is 11.4. The molecule has 3 aliphatic carbocycles. The molecule has 3 fully saturated rings. The number of hydrogen-bond acceptors (Lipinski definition) is 10. The van der Waals surface area contributed by atoms with Gasteiger partial charge in [-0.15, -0.1) is 0 Å². The molecule has 7 rings (SSSR count). The van der Waals surface area contributed by atoms with Crippen LogP contribution in [0.1, 0.15) is 132 Å². The summed E-state index contributed by atoms with van der Waals surface area (Å²) in [6, 6.07) is 12.9. The minimum absolute atomic E-state index is 0.00704. The molecule has 5 aliphatic rings. The van der Waals surface area contributed by atoms with Gasteiger partial charge in [0.15, 0.2) is 5.78 Å². The van der Waals surface area contributed by atoms with Crippen LogP contribution in [0.2, 0.25) is 0 Å². The molecule has 3 saturated carbocycles. The van der Waals surface area contributed by atoms with E-state index in [0.717, 1.165) is 48.1 Å². The minimum Gasteiger partial charge on any atom is -0.393 e. The fourth-order valence-electron chi connectivity index (χ4n) is 12.8. The highest BCUT2D eigenvalue weighted by Crippen LogP contribution is 2.69. The molecule has 11 nitrogen and oxygen atoms in total. The second-order valence-electron chi connectivity index (χ2n) is 20.3. The molecule has 358 valence electrons. The maximum Gasteiger partial charge on any atom is 0.243 e. The second kappa shape index (κ2) is 21.5. The van der Waals surface area contributed by atoms with E-state index in [1.165, 1.54) is 5.57 Å². The topological polar surface area (TPSA) is 197 Å². The van der Waals surface area contributed by atoms with E-state index in [2.05, 4.69) is 55.4 Å². The Bertz CT molecular complexity index is 2230. The summed E-state index contributed by atoms with van der Waals surface area (Å²) in [5, 5.41) is 69.8. The summed E-state index contributed by atoms with van der Waals surface area (Å²) in [5.74, 6) is -1.40. The van der Waals surface area contributed by atoms with E-state index in [-0.39, 0.29) is 43.2 Å². The van der Waals surface area contributed by atoms with Crippen molar-refractivity contribution < 1.29 is 35.1 Å². The molecule has 1 spiro atoms. The molecule has 0 aromatic heterocycles. The number of β-amino-alcohol motifs (C(OH)–C–C–N with tert-alkyl or cyclic N) is 1. The number of likely N-dealkylation sites (N-methyl/N-ethyl adjacent to an activating group) is 1. The van der Waals surface area contributed by atoms with Crippen molar-refractivity contribution in [3.63, 3.8) is 0 Å². The third kappa shape index (κ3) is 10.2. The van der Waals surface area contributed by atoms with Gasteiger partial charge >= 0.3 is 0 Å². The number of aliphatic hydroxyl groups excluding tert-OH is 4. The van der Waals surface area contributed by atoms with Gasteiger partial charge < -0.3 is 41.9 Å². The highest BCUT2D eigenvalue weighted by Gasteiger charge is 2.70. The van der Waals surface area contributed by atoms with Gasteiger partial charge in [-0.2, -0.15) is 0 Å². The molecular weight excluding hydrogens is 829 g/mol. The molecule has 0 saturated heterocycles. The van der Waals surface area contributed by atoms with Gasteiger partial charge in [0, 0.05) is 30.3 Å². The smallest absolute Gasteiger partial charge is 0.243 e. The van der Waals surface area contributed by atoms with Crippen LogP contribution >= 0.6 is 0 Å². The van der Waals surface area contributed by atoms with Crippen molar-refractivity contribution in [2.75, 3.05) is 19.7 Å². The van der Waals surface area contributed by atoms with E-state index in [1.54, 1.807) is 0 Å². The number of carbonyl (C=O) groups excluding carboxylic acids is 2. The maximum atomic E-state index is 14.9. The number of carbonyl (C=O) groups is 2. The fourth-order valence-corrected chi connectivity index (χ4v) is 12.8. The monoisotopic (exact) mass is 905 g/mol. The lowest BCUT2D eigenvalue weighted by molar-refractivity contribution is -0.216. The average molecular weight is 905 g/mol. The number of hydrogen-bond donors (Lipinski definition) is 9. The number of nitrogens with two attached hydrogens (primary N) is 1. The third-order valence-electron chi connectivity index (χ3n) is 16.0. The SMILES string of the molecule is C=C(/C=C/C=C(/CO)[C@H]1C[C@@H]2CCC[C@@]3(O)CCC4=C(C)C(=O)Cc5cccc6c5[C@@H](NC[C@H](O)CCc5cccc(c5)C[C@H](O)CC[C@H]4[C@@]23[C@@H]1O)C(=O)N[C@H]6N)[C@H](CC=C(C)C)NCC. The molecule has 2 aliphatic heterocycles. The number of benzene rings is 2. The highest BCUT2D eigenvalue weighted by molar-refractivity contribution is 5.98. The number of ketones is 1. The van der Waals surface area contributed by atoms with Crippen LogP contribution in [0.5, 0.6) is 0 Å². The van der Waals surface area contributed by atoms with Crippen LogP contribution in [-0.2, 0) is 28.9 Å². The zero-order valence-electron chi connectivity index (χ0n) is 39.7. The predicted octanol–water partition coefficient (Wildman–Crippen LogP) is 6.20. The number of aryl methyl sites for hydroxylation is 1. The molecular formula is C55H76N4O7.